The Morgan fingerprint density at radius 2 is 1.63 bits per heavy atom. The third-order valence-electron chi connectivity index (χ3n) is 6.11. The fourth-order valence-corrected chi connectivity index (χ4v) is 4.47. The van der Waals surface area contributed by atoms with Crippen molar-refractivity contribution in [3.63, 3.8) is 0 Å². The second-order valence-electron chi connectivity index (χ2n) is 8.36. The summed E-state index contributed by atoms with van der Waals surface area (Å²) in [6.07, 6.45) is 4.39. The van der Waals surface area contributed by atoms with Crippen molar-refractivity contribution >= 4 is 39.1 Å². The zero-order chi connectivity index (χ0) is 21.1. The van der Waals surface area contributed by atoms with Gasteiger partial charge in [-0.3, -0.25) is 9.59 Å². The number of rotatable bonds is 4. The maximum absolute atomic E-state index is 13.3. The summed E-state index contributed by atoms with van der Waals surface area (Å²) in [5, 5.41) is 2.96. The molecule has 0 unspecified atom stereocenters. The Kier molecular flexibility index (Phi) is 6.42. The van der Waals surface area contributed by atoms with E-state index in [1.165, 1.54) is 0 Å². The molecule has 0 bridgehead atoms. The Balaban J connectivity index is 1.60. The molecule has 4 rings (SSSR count). The number of amides is 2. The van der Waals surface area contributed by atoms with Crippen molar-refractivity contribution in [2.75, 3.05) is 36.4 Å². The molecule has 0 atom stereocenters. The van der Waals surface area contributed by atoms with Gasteiger partial charge in [0.05, 0.1) is 5.56 Å². The maximum atomic E-state index is 13.3. The molecule has 2 heterocycles. The summed E-state index contributed by atoms with van der Waals surface area (Å²) in [6, 6.07) is 13.0. The van der Waals surface area contributed by atoms with E-state index in [9.17, 15) is 9.59 Å². The molecule has 5 nitrogen and oxygen atoms in total. The van der Waals surface area contributed by atoms with Gasteiger partial charge in [-0.1, -0.05) is 22.9 Å². The minimum atomic E-state index is -0.179. The van der Waals surface area contributed by atoms with Gasteiger partial charge in [0.25, 0.3) is 11.8 Å². The second-order valence-corrected chi connectivity index (χ2v) is 9.28. The Morgan fingerprint density at radius 1 is 0.967 bits per heavy atom. The van der Waals surface area contributed by atoms with Crippen LogP contribution in [0.4, 0.5) is 11.4 Å². The summed E-state index contributed by atoms with van der Waals surface area (Å²) >= 11 is 3.39. The quantitative estimate of drug-likeness (QED) is 0.671. The van der Waals surface area contributed by atoms with E-state index in [1.807, 2.05) is 35.2 Å². The van der Waals surface area contributed by atoms with Crippen molar-refractivity contribution < 1.29 is 9.59 Å². The molecule has 1 N–H and O–H groups in total. The molecule has 0 spiro atoms. The van der Waals surface area contributed by atoms with E-state index in [0.29, 0.717) is 16.8 Å². The highest BCUT2D eigenvalue weighted by Crippen LogP contribution is 2.30. The lowest BCUT2D eigenvalue weighted by Gasteiger charge is -2.34. The summed E-state index contributed by atoms with van der Waals surface area (Å²) in [7, 11) is 0. The molecular formula is C24H28BrN3O2. The molecule has 0 radical (unpaired) electrons. The van der Waals surface area contributed by atoms with E-state index < -0.39 is 0 Å². The fraction of sp³-hybridized carbons (Fsp3) is 0.417. The van der Waals surface area contributed by atoms with Crippen molar-refractivity contribution in [3.8, 4) is 0 Å². The summed E-state index contributed by atoms with van der Waals surface area (Å²) in [5.74, 6) is 0.617. The van der Waals surface area contributed by atoms with Gasteiger partial charge >= 0.3 is 0 Å². The van der Waals surface area contributed by atoms with Crippen LogP contribution in [0.3, 0.4) is 0 Å². The topological polar surface area (TPSA) is 52.7 Å². The molecule has 0 aromatic heterocycles. The van der Waals surface area contributed by atoms with Crippen molar-refractivity contribution in [3.05, 3.63) is 58.1 Å². The zero-order valence-electron chi connectivity index (χ0n) is 17.4. The number of piperidine rings is 1. The highest BCUT2D eigenvalue weighted by atomic mass is 79.9. The zero-order valence-corrected chi connectivity index (χ0v) is 19.0. The van der Waals surface area contributed by atoms with Crippen LogP contribution in [0.2, 0.25) is 0 Å². The van der Waals surface area contributed by atoms with Gasteiger partial charge in [-0.15, -0.1) is 0 Å². The minimum absolute atomic E-state index is 0.0702. The predicted molar refractivity (Wildman–Crippen MR) is 124 cm³/mol. The van der Waals surface area contributed by atoms with Gasteiger partial charge in [-0.2, -0.15) is 0 Å². The summed E-state index contributed by atoms with van der Waals surface area (Å²) in [6.45, 7) is 5.84. The van der Waals surface area contributed by atoms with E-state index in [-0.39, 0.29) is 11.8 Å². The van der Waals surface area contributed by atoms with Gasteiger partial charge in [0.1, 0.15) is 0 Å². The van der Waals surface area contributed by atoms with Gasteiger partial charge in [0.2, 0.25) is 0 Å². The van der Waals surface area contributed by atoms with Crippen LogP contribution in [0.5, 0.6) is 0 Å². The van der Waals surface area contributed by atoms with Crippen LogP contribution in [0, 0.1) is 5.92 Å². The summed E-state index contributed by atoms with van der Waals surface area (Å²) in [4.78, 5) is 30.2. The van der Waals surface area contributed by atoms with Gasteiger partial charge in [-0.05, 0) is 74.1 Å². The molecular weight excluding hydrogens is 442 g/mol. The largest absolute Gasteiger partial charge is 0.371 e. The molecule has 2 aromatic rings. The molecule has 6 heteroatoms. The van der Waals surface area contributed by atoms with Crippen molar-refractivity contribution in [2.45, 2.75) is 32.6 Å². The smallest absolute Gasteiger partial charge is 0.256 e. The third kappa shape index (κ3) is 4.69. The maximum Gasteiger partial charge on any atom is 0.256 e. The number of nitrogens with zero attached hydrogens (tertiary/aromatic N) is 2. The lowest BCUT2D eigenvalue weighted by Crippen LogP contribution is -2.35. The van der Waals surface area contributed by atoms with Gasteiger partial charge in [0, 0.05) is 47.6 Å². The molecule has 0 saturated carbocycles. The number of halogens is 1. The van der Waals surface area contributed by atoms with Crippen LogP contribution >= 0.6 is 15.9 Å². The van der Waals surface area contributed by atoms with Crippen LogP contribution in [0.15, 0.2) is 46.9 Å². The third-order valence-corrected chi connectivity index (χ3v) is 6.64. The summed E-state index contributed by atoms with van der Waals surface area (Å²) in [5.41, 5.74) is 2.92. The van der Waals surface area contributed by atoms with Crippen LogP contribution in [0.1, 0.15) is 53.3 Å². The number of anilines is 2. The molecule has 2 aromatic carbocycles. The monoisotopic (exact) mass is 469 g/mol. The van der Waals surface area contributed by atoms with Crippen LogP contribution in [0.25, 0.3) is 0 Å². The highest BCUT2D eigenvalue weighted by molar-refractivity contribution is 9.10. The van der Waals surface area contributed by atoms with Crippen molar-refractivity contribution in [1.29, 1.82) is 0 Å². The first-order chi connectivity index (χ1) is 14.5. The first-order valence-corrected chi connectivity index (χ1v) is 11.6. The lowest BCUT2D eigenvalue weighted by molar-refractivity contribution is 0.0793. The first kappa shape index (κ1) is 20.9. The average molecular weight is 470 g/mol. The second kappa shape index (κ2) is 9.21. The first-order valence-electron chi connectivity index (χ1n) is 10.8. The number of hydrogen-bond acceptors (Lipinski definition) is 3. The number of hydrogen-bond donors (Lipinski definition) is 1. The minimum Gasteiger partial charge on any atom is -0.371 e. The molecule has 158 valence electrons. The Hall–Kier alpha value is -2.34. The van der Waals surface area contributed by atoms with Crippen molar-refractivity contribution in [1.82, 2.24) is 4.90 Å². The standard InChI is InChI=1S/C24H28BrN3O2/c1-17-10-14-27(15-11-17)22-9-8-20(16-21(22)24(30)28-12-2-3-13-28)26-23(29)18-4-6-19(25)7-5-18/h4-9,16-17H,2-3,10-15H2,1H3,(H,26,29). The number of nitrogens with one attached hydrogen (secondary N) is 1. The van der Waals surface area contributed by atoms with Crippen LogP contribution in [-0.4, -0.2) is 42.9 Å². The van der Waals surface area contributed by atoms with E-state index >= 15 is 0 Å². The molecule has 2 amide bonds. The van der Waals surface area contributed by atoms with E-state index in [0.717, 1.165) is 67.9 Å². The number of carbonyl (C=O) groups excluding carboxylic acids is 2. The normalized spacial score (nSPS) is 17.3. The molecule has 2 aliphatic rings. The highest BCUT2D eigenvalue weighted by Gasteiger charge is 2.26. The van der Waals surface area contributed by atoms with E-state index in [2.05, 4.69) is 33.1 Å². The Bertz CT molecular complexity index is 915. The van der Waals surface area contributed by atoms with Gasteiger partial charge < -0.3 is 15.1 Å². The lowest BCUT2D eigenvalue weighted by atomic mass is 9.97. The molecule has 2 saturated heterocycles. The van der Waals surface area contributed by atoms with Gasteiger partial charge in [0.15, 0.2) is 0 Å². The average Bonchev–Trinajstić information content (AvgIpc) is 3.29. The predicted octanol–water partition coefficient (Wildman–Crippen LogP) is 5.17. The fourth-order valence-electron chi connectivity index (χ4n) is 4.21. The summed E-state index contributed by atoms with van der Waals surface area (Å²) < 4.78 is 0.928. The van der Waals surface area contributed by atoms with Gasteiger partial charge in [-0.25, -0.2) is 0 Å². The number of likely N-dealkylation sites (tertiary alicyclic amines) is 1. The Labute approximate surface area is 186 Å². The van der Waals surface area contributed by atoms with Crippen molar-refractivity contribution in [2.24, 2.45) is 5.92 Å². The van der Waals surface area contributed by atoms with E-state index in [1.54, 1.807) is 12.1 Å². The molecule has 2 fully saturated rings. The van der Waals surface area contributed by atoms with E-state index in [4.69, 9.17) is 0 Å². The molecule has 2 aliphatic heterocycles. The van der Waals surface area contributed by atoms with Crippen LogP contribution in [-0.2, 0) is 0 Å². The number of benzene rings is 2. The number of carbonyl (C=O) groups is 2. The SMILES string of the molecule is CC1CCN(c2ccc(NC(=O)c3ccc(Br)cc3)cc2C(=O)N2CCCC2)CC1. The molecule has 0 aliphatic carbocycles. The molecule has 30 heavy (non-hydrogen) atoms. The Morgan fingerprint density at radius 3 is 2.30 bits per heavy atom. The van der Waals surface area contributed by atoms with Crippen LogP contribution < -0.4 is 10.2 Å².